The Morgan fingerprint density at radius 3 is 2.76 bits per heavy atom. The van der Waals surface area contributed by atoms with Crippen LogP contribution in [0.25, 0.3) is 21.3 Å². The van der Waals surface area contributed by atoms with Gasteiger partial charge in [-0.3, -0.25) is 0 Å². The van der Waals surface area contributed by atoms with E-state index in [1.807, 2.05) is 5.38 Å². The van der Waals surface area contributed by atoms with E-state index >= 15 is 0 Å². The molecule has 2 heterocycles. The first kappa shape index (κ1) is 13.9. The minimum absolute atomic E-state index is 0.0721. The van der Waals surface area contributed by atoms with Crippen molar-refractivity contribution < 1.29 is 14.2 Å². The number of hydrogen-bond donors (Lipinski definition) is 1. The highest BCUT2D eigenvalue weighted by molar-refractivity contribution is 7.17. The van der Waals surface area contributed by atoms with Crippen LogP contribution in [0.4, 0.5) is 4.39 Å². The molecule has 0 atom stereocenters. The third-order valence-corrected chi connectivity index (χ3v) is 3.92. The number of aliphatic hydroxyl groups excluding tert-OH is 1. The van der Waals surface area contributed by atoms with Gasteiger partial charge in [0, 0.05) is 24.0 Å². The molecule has 1 aromatic carbocycles. The largest absolute Gasteiger partial charge is 0.477 e. The summed E-state index contributed by atoms with van der Waals surface area (Å²) in [6.07, 6.45) is 2.00. The van der Waals surface area contributed by atoms with Gasteiger partial charge in [0.1, 0.15) is 17.0 Å². The molecule has 3 rings (SSSR count). The summed E-state index contributed by atoms with van der Waals surface area (Å²) >= 11 is 1.49. The molecule has 0 saturated heterocycles. The molecule has 0 bridgehead atoms. The molecular formula is C15H13FN2O2S. The van der Waals surface area contributed by atoms with Gasteiger partial charge in [0.25, 0.3) is 0 Å². The fraction of sp³-hybridized carbons (Fsp3) is 0.200. The number of ether oxygens (including phenoxy) is 1. The van der Waals surface area contributed by atoms with Crippen molar-refractivity contribution >= 4 is 21.6 Å². The quantitative estimate of drug-likeness (QED) is 0.735. The highest BCUT2D eigenvalue weighted by Gasteiger charge is 2.14. The summed E-state index contributed by atoms with van der Waals surface area (Å²) in [5, 5.41) is 11.6. The third kappa shape index (κ3) is 2.86. The molecular weight excluding hydrogens is 291 g/mol. The SMILES string of the molecule is OCCCOc1ncnc2scc(-c3ccc(F)cc3)c12. The van der Waals surface area contributed by atoms with Crippen molar-refractivity contribution in [3.05, 3.63) is 41.8 Å². The molecule has 0 spiro atoms. The van der Waals surface area contributed by atoms with Crippen molar-refractivity contribution in [2.24, 2.45) is 0 Å². The van der Waals surface area contributed by atoms with Crippen molar-refractivity contribution in [2.45, 2.75) is 6.42 Å². The van der Waals surface area contributed by atoms with Gasteiger partial charge < -0.3 is 9.84 Å². The molecule has 4 nitrogen and oxygen atoms in total. The fourth-order valence-electron chi connectivity index (χ4n) is 2.03. The number of thiophene rings is 1. The van der Waals surface area contributed by atoms with Gasteiger partial charge in [0.15, 0.2) is 0 Å². The highest BCUT2D eigenvalue weighted by Crippen LogP contribution is 2.37. The van der Waals surface area contributed by atoms with Crippen LogP contribution >= 0.6 is 11.3 Å². The van der Waals surface area contributed by atoms with E-state index in [0.717, 1.165) is 21.3 Å². The van der Waals surface area contributed by atoms with Crippen LogP contribution in [-0.4, -0.2) is 28.3 Å². The summed E-state index contributed by atoms with van der Waals surface area (Å²) in [5.74, 6) is 0.225. The number of rotatable bonds is 5. The van der Waals surface area contributed by atoms with Gasteiger partial charge in [0.2, 0.25) is 5.88 Å². The first-order valence-electron chi connectivity index (χ1n) is 6.51. The lowest BCUT2D eigenvalue weighted by Crippen LogP contribution is -2.01. The summed E-state index contributed by atoms with van der Waals surface area (Å²) in [7, 11) is 0. The van der Waals surface area contributed by atoms with E-state index in [1.165, 1.54) is 29.8 Å². The second kappa shape index (κ2) is 6.15. The Morgan fingerprint density at radius 1 is 1.19 bits per heavy atom. The molecule has 108 valence electrons. The Morgan fingerprint density at radius 2 is 2.00 bits per heavy atom. The zero-order chi connectivity index (χ0) is 14.7. The van der Waals surface area contributed by atoms with Gasteiger partial charge in [-0.05, 0) is 17.7 Å². The lowest BCUT2D eigenvalue weighted by atomic mass is 10.1. The van der Waals surface area contributed by atoms with Crippen LogP contribution in [0.15, 0.2) is 36.0 Å². The van der Waals surface area contributed by atoms with Gasteiger partial charge in [-0.25, -0.2) is 14.4 Å². The highest BCUT2D eigenvalue weighted by atomic mass is 32.1. The summed E-state index contributed by atoms with van der Waals surface area (Å²) < 4.78 is 18.7. The van der Waals surface area contributed by atoms with Crippen molar-refractivity contribution in [2.75, 3.05) is 13.2 Å². The summed E-state index contributed by atoms with van der Waals surface area (Å²) in [6.45, 7) is 0.462. The van der Waals surface area contributed by atoms with Gasteiger partial charge in [0.05, 0.1) is 12.0 Å². The predicted octanol–water partition coefficient (Wildman–Crippen LogP) is 3.26. The predicted molar refractivity (Wildman–Crippen MR) is 80.0 cm³/mol. The van der Waals surface area contributed by atoms with Crippen molar-refractivity contribution in [3.63, 3.8) is 0 Å². The van der Waals surface area contributed by atoms with Crippen molar-refractivity contribution in [1.82, 2.24) is 9.97 Å². The summed E-state index contributed by atoms with van der Waals surface area (Å²) in [5.41, 5.74) is 1.82. The number of hydrogen-bond acceptors (Lipinski definition) is 5. The maximum absolute atomic E-state index is 13.1. The molecule has 0 aliphatic rings. The minimum atomic E-state index is -0.269. The Bertz CT molecular complexity index is 743. The Kier molecular flexibility index (Phi) is 4.08. The molecule has 1 N–H and O–H groups in total. The van der Waals surface area contributed by atoms with Gasteiger partial charge in [-0.1, -0.05) is 12.1 Å². The molecule has 6 heteroatoms. The standard InChI is InChI=1S/C15H13FN2O2S/c16-11-4-2-10(3-5-11)12-8-21-15-13(12)14(17-9-18-15)20-7-1-6-19/h2-5,8-9,19H,1,6-7H2. The van der Waals surface area contributed by atoms with Gasteiger partial charge >= 0.3 is 0 Å². The topological polar surface area (TPSA) is 55.2 Å². The first-order chi connectivity index (χ1) is 10.3. The number of aromatic nitrogens is 2. The molecule has 2 aromatic heterocycles. The average Bonchev–Trinajstić information content (AvgIpc) is 2.93. The van der Waals surface area contributed by atoms with E-state index in [4.69, 9.17) is 9.84 Å². The molecule has 0 fully saturated rings. The van der Waals surface area contributed by atoms with Crippen LogP contribution in [0.1, 0.15) is 6.42 Å². The van der Waals surface area contributed by atoms with Crippen molar-refractivity contribution in [1.29, 1.82) is 0 Å². The third-order valence-electron chi connectivity index (χ3n) is 3.03. The average molecular weight is 304 g/mol. The Hall–Kier alpha value is -2.05. The van der Waals surface area contributed by atoms with Gasteiger partial charge in [-0.15, -0.1) is 11.3 Å². The lowest BCUT2D eigenvalue weighted by molar-refractivity contribution is 0.231. The van der Waals surface area contributed by atoms with Crippen LogP contribution in [-0.2, 0) is 0 Å². The van der Waals surface area contributed by atoms with E-state index in [9.17, 15) is 4.39 Å². The molecule has 0 aliphatic heterocycles. The van der Waals surface area contributed by atoms with Crippen LogP contribution in [0.2, 0.25) is 0 Å². The number of nitrogens with zero attached hydrogens (tertiary/aromatic N) is 2. The van der Waals surface area contributed by atoms with Crippen LogP contribution in [0.3, 0.4) is 0 Å². The van der Waals surface area contributed by atoms with Gasteiger partial charge in [-0.2, -0.15) is 0 Å². The second-order valence-electron chi connectivity index (χ2n) is 4.44. The first-order valence-corrected chi connectivity index (χ1v) is 7.39. The number of halogens is 1. The van der Waals surface area contributed by atoms with Crippen LogP contribution < -0.4 is 4.74 Å². The molecule has 0 unspecified atom stereocenters. The normalized spacial score (nSPS) is 11.0. The maximum Gasteiger partial charge on any atom is 0.225 e. The molecule has 0 amide bonds. The maximum atomic E-state index is 13.1. The summed E-state index contributed by atoms with van der Waals surface area (Å²) in [4.78, 5) is 9.23. The van der Waals surface area contributed by atoms with Crippen molar-refractivity contribution in [3.8, 4) is 17.0 Å². The molecule has 21 heavy (non-hydrogen) atoms. The lowest BCUT2D eigenvalue weighted by Gasteiger charge is -2.07. The molecule has 0 saturated carbocycles. The van der Waals surface area contributed by atoms with E-state index in [-0.39, 0.29) is 12.4 Å². The minimum Gasteiger partial charge on any atom is -0.477 e. The second-order valence-corrected chi connectivity index (χ2v) is 5.30. The summed E-state index contributed by atoms with van der Waals surface area (Å²) in [6, 6.07) is 6.30. The number of benzene rings is 1. The number of fused-ring (bicyclic) bond motifs is 1. The van der Waals surface area contributed by atoms with E-state index in [2.05, 4.69) is 9.97 Å². The Balaban J connectivity index is 2.04. The molecule has 3 aromatic rings. The van der Waals surface area contributed by atoms with E-state index < -0.39 is 0 Å². The van der Waals surface area contributed by atoms with Crippen LogP contribution in [0, 0.1) is 5.82 Å². The smallest absolute Gasteiger partial charge is 0.225 e. The fourth-order valence-corrected chi connectivity index (χ4v) is 2.94. The Labute approximate surface area is 124 Å². The number of aliphatic hydroxyl groups is 1. The monoisotopic (exact) mass is 304 g/mol. The van der Waals surface area contributed by atoms with E-state index in [0.29, 0.717) is 18.9 Å². The van der Waals surface area contributed by atoms with E-state index in [1.54, 1.807) is 12.1 Å². The zero-order valence-electron chi connectivity index (χ0n) is 11.1. The molecule has 0 radical (unpaired) electrons. The molecule has 0 aliphatic carbocycles. The zero-order valence-corrected chi connectivity index (χ0v) is 11.9. The van der Waals surface area contributed by atoms with Crippen LogP contribution in [0.5, 0.6) is 5.88 Å².